The molecular weight excluding hydrogens is 288 g/mol. The summed E-state index contributed by atoms with van der Waals surface area (Å²) in [5.74, 6) is 0.526. The summed E-state index contributed by atoms with van der Waals surface area (Å²) in [4.78, 5) is 28.6. The molecule has 7 heteroatoms. The lowest BCUT2D eigenvalue weighted by Crippen LogP contribution is -2.14. The number of thioether (sulfide) groups is 1. The molecule has 0 aliphatic rings. The minimum Gasteiger partial charge on any atom is -0.322 e. The van der Waals surface area contributed by atoms with E-state index in [9.17, 15) is 9.59 Å². The first-order valence-corrected chi connectivity index (χ1v) is 7.29. The fourth-order valence-corrected chi connectivity index (χ4v) is 2.78. The molecule has 0 fully saturated rings. The van der Waals surface area contributed by atoms with E-state index in [4.69, 9.17) is 0 Å². The first kappa shape index (κ1) is 13.6. The maximum Gasteiger partial charge on any atom is 0.273 e. The molecule has 0 aliphatic heterocycles. The van der Waals surface area contributed by atoms with E-state index < -0.39 is 0 Å². The maximum atomic E-state index is 11.7. The molecule has 106 valence electrons. The van der Waals surface area contributed by atoms with Gasteiger partial charge in [-0.15, -0.1) is 10.2 Å². The summed E-state index contributed by atoms with van der Waals surface area (Å²) in [5.41, 5.74) is 1.63. The highest BCUT2D eigenvalue weighted by Gasteiger charge is 2.06. The Kier molecular flexibility index (Phi) is 3.57. The molecule has 1 aromatic carbocycles. The van der Waals surface area contributed by atoms with Crippen LogP contribution in [0.4, 0.5) is 0 Å². The monoisotopic (exact) mass is 300 g/mol. The van der Waals surface area contributed by atoms with Gasteiger partial charge in [0.05, 0.1) is 0 Å². The van der Waals surface area contributed by atoms with Crippen LogP contribution in [0.3, 0.4) is 0 Å². The van der Waals surface area contributed by atoms with Gasteiger partial charge in [0.25, 0.3) is 5.56 Å². The predicted octanol–water partition coefficient (Wildman–Crippen LogP) is 1.61. The number of aromatic nitrogens is 4. The summed E-state index contributed by atoms with van der Waals surface area (Å²) < 4.78 is 0. The van der Waals surface area contributed by atoms with Crippen LogP contribution < -0.4 is 11.1 Å². The summed E-state index contributed by atoms with van der Waals surface area (Å²) in [7, 11) is 0. The normalized spacial score (nSPS) is 10.9. The molecule has 0 bridgehead atoms. The minimum absolute atomic E-state index is 0.146. The van der Waals surface area contributed by atoms with Crippen molar-refractivity contribution in [2.75, 3.05) is 0 Å². The molecule has 0 unspecified atom stereocenters. The largest absolute Gasteiger partial charge is 0.322 e. The molecule has 0 saturated carbocycles. The van der Waals surface area contributed by atoms with E-state index in [2.05, 4.69) is 20.2 Å². The van der Waals surface area contributed by atoms with Crippen molar-refractivity contribution in [1.29, 1.82) is 0 Å². The van der Waals surface area contributed by atoms with E-state index in [0.29, 0.717) is 16.6 Å². The molecule has 0 aliphatic carbocycles. The number of hydrogen-bond donors (Lipinski definition) is 2. The highest BCUT2D eigenvalue weighted by molar-refractivity contribution is 7.98. The van der Waals surface area contributed by atoms with Crippen LogP contribution in [0.15, 0.2) is 45.1 Å². The lowest BCUT2D eigenvalue weighted by molar-refractivity contribution is 0.790. The van der Waals surface area contributed by atoms with Gasteiger partial charge in [0.2, 0.25) is 5.56 Å². The second kappa shape index (κ2) is 5.53. The highest BCUT2D eigenvalue weighted by atomic mass is 32.2. The zero-order valence-corrected chi connectivity index (χ0v) is 12.0. The van der Waals surface area contributed by atoms with Gasteiger partial charge in [-0.3, -0.25) is 14.6 Å². The average molecular weight is 300 g/mol. The van der Waals surface area contributed by atoms with Crippen molar-refractivity contribution in [3.05, 3.63) is 62.3 Å². The zero-order chi connectivity index (χ0) is 14.8. The van der Waals surface area contributed by atoms with Gasteiger partial charge in [-0.1, -0.05) is 30.0 Å². The lowest BCUT2D eigenvalue weighted by atomic mass is 10.1. The zero-order valence-electron chi connectivity index (χ0n) is 11.2. The summed E-state index contributed by atoms with van der Waals surface area (Å²) in [6.45, 7) is 1.60. The maximum absolute atomic E-state index is 11.7. The van der Waals surface area contributed by atoms with Crippen LogP contribution >= 0.6 is 11.8 Å². The van der Waals surface area contributed by atoms with Gasteiger partial charge < -0.3 is 4.98 Å². The van der Waals surface area contributed by atoms with Crippen LogP contribution in [0.5, 0.6) is 0 Å². The van der Waals surface area contributed by atoms with Crippen LogP contribution in [0.1, 0.15) is 11.3 Å². The quantitative estimate of drug-likeness (QED) is 0.717. The van der Waals surface area contributed by atoms with Crippen LogP contribution in [0, 0.1) is 6.92 Å². The molecule has 3 aromatic rings. The number of benzene rings is 1. The third-order valence-electron chi connectivity index (χ3n) is 3.04. The Morgan fingerprint density at radius 1 is 1.14 bits per heavy atom. The summed E-state index contributed by atoms with van der Waals surface area (Å²) in [6.07, 6.45) is 0. The Labute approximate surface area is 123 Å². The molecule has 21 heavy (non-hydrogen) atoms. The van der Waals surface area contributed by atoms with Crippen LogP contribution in [-0.2, 0) is 5.75 Å². The Hall–Kier alpha value is -2.41. The number of hydrogen-bond acceptors (Lipinski definition) is 5. The second-order valence-electron chi connectivity index (χ2n) is 4.54. The van der Waals surface area contributed by atoms with Gasteiger partial charge in [-0.25, -0.2) is 0 Å². The third kappa shape index (κ3) is 2.87. The molecule has 6 nitrogen and oxygen atoms in total. The molecule has 0 spiro atoms. The van der Waals surface area contributed by atoms with Gasteiger partial charge >= 0.3 is 0 Å². The summed E-state index contributed by atoms with van der Waals surface area (Å²) >= 11 is 1.34. The van der Waals surface area contributed by atoms with Crippen molar-refractivity contribution in [1.82, 2.24) is 20.2 Å². The number of aromatic amines is 2. The number of fused-ring (bicyclic) bond motifs is 1. The van der Waals surface area contributed by atoms with Gasteiger partial charge in [0, 0.05) is 22.7 Å². The van der Waals surface area contributed by atoms with Crippen LogP contribution in [0.2, 0.25) is 0 Å². The van der Waals surface area contributed by atoms with Crippen molar-refractivity contribution in [2.45, 2.75) is 17.8 Å². The number of rotatable bonds is 3. The standard InChI is InChI=1S/C14H12N4O2S/c1-8-13(20)16-14(18-17-8)21-7-9-6-12(19)15-11-5-3-2-4-10(9)11/h2-6H,7H2,1H3,(H,15,19)(H,16,18,20). The molecule has 2 heterocycles. The second-order valence-corrected chi connectivity index (χ2v) is 5.50. The Balaban J connectivity index is 1.93. The van der Waals surface area contributed by atoms with E-state index >= 15 is 0 Å². The molecule has 0 amide bonds. The number of nitrogens with one attached hydrogen (secondary N) is 2. The van der Waals surface area contributed by atoms with Crippen molar-refractivity contribution >= 4 is 22.7 Å². The topological polar surface area (TPSA) is 91.5 Å². The molecule has 2 aromatic heterocycles. The fourth-order valence-electron chi connectivity index (χ4n) is 1.99. The number of para-hydroxylation sites is 1. The van der Waals surface area contributed by atoms with E-state index in [-0.39, 0.29) is 11.1 Å². The van der Waals surface area contributed by atoms with Crippen molar-refractivity contribution in [2.24, 2.45) is 0 Å². The van der Waals surface area contributed by atoms with Gasteiger partial charge in [0.15, 0.2) is 5.16 Å². The van der Waals surface area contributed by atoms with Gasteiger partial charge in [0.1, 0.15) is 5.69 Å². The predicted molar refractivity (Wildman–Crippen MR) is 81.5 cm³/mol. The van der Waals surface area contributed by atoms with Crippen molar-refractivity contribution < 1.29 is 0 Å². The first-order valence-electron chi connectivity index (χ1n) is 6.31. The molecule has 0 radical (unpaired) electrons. The lowest BCUT2D eigenvalue weighted by Gasteiger charge is -2.05. The SMILES string of the molecule is Cc1nnc(SCc2cc(=O)[nH]c3ccccc23)[nH]c1=O. The highest BCUT2D eigenvalue weighted by Crippen LogP contribution is 2.22. The average Bonchev–Trinajstić information content (AvgIpc) is 2.48. The van der Waals surface area contributed by atoms with E-state index in [0.717, 1.165) is 16.5 Å². The third-order valence-corrected chi connectivity index (χ3v) is 3.95. The Morgan fingerprint density at radius 3 is 2.76 bits per heavy atom. The molecule has 3 rings (SSSR count). The number of H-pyrrole nitrogens is 2. The number of aryl methyl sites for hydroxylation is 1. The number of nitrogens with zero attached hydrogens (tertiary/aromatic N) is 2. The van der Waals surface area contributed by atoms with Gasteiger partial charge in [-0.2, -0.15) is 0 Å². The smallest absolute Gasteiger partial charge is 0.273 e. The molecule has 2 N–H and O–H groups in total. The molecule has 0 atom stereocenters. The van der Waals surface area contributed by atoms with Crippen molar-refractivity contribution in [3.8, 4) is 0 Å². The summed E-state index contributed by atoms with van der Waals surface area (Å²) in [6, 6.07) is 9.17. The Bertz CT molecular complexity index is 916. The summed E-state index contributed by atoms with van der Waals surface area (Å²) in [5, 5.41) is 9.13. The molecular formula is C14H12N4O2S. The minimum atomic E-state index is -0.247. The first-order chi connectivity index (χ1) is 10.1. The Morgan fingerprint density at radius 2 is 1.95 bits per heavy atom. The van der Waals surface area contributed by atoms with E-state index in [1.54, 1.807) is 13.0 Å². The van der Waals surface area contributed by atoms with Crippen molar-refractivity contribution in [3.63, 3.8) is 0 Å². The fraction of sp³-hybridized carbons (Fsp3) is 0.143. The van der Waals surface area contributed by atoms with Crippen LogP contribution in [0.25, 0.3) is 10.9 Å². The molecule has 0 saturated heterocycles. The van der Waals surface area contributed by atoms with E-state index in [1.807, 2.05) is 24.3 Å². The van der Waals surface area contributed by atoms with E-state index in [1.165, 1.54) is 11.8 Å². The van der Waals surface area contributed by atoms with Crippen LogP contribution in [-0.4, -0.2) is 20.2 Å². The number of pyridine rings is 1. The van der Waals surface area contributed by atoms with Gasteiger partial charge in [-0.05, 0) is 18.6 Å².